The van der Waals surface area contributed by atoms with E-state index >= 15 is 0 Å². The zero-order valence-electron chi connectivity index (χ0n) is 31.3. The number of hydrogen-bond acceptors (Lipinski definition) is 5. The van der Waals surface area contributed by atoms with Crippen LogP contribution in [-0.2, 0) is 33.7 Å². The van der Waals surface area contributed by atoms with E-state index in [0.717, 1.165) is 49.4 Å². The molecule has 1 aliphatic carbocycles. The zero-order chi connectivity index (χ0) is 39.5. The van der Waals surface area contributed by atoms with Crippen molar-refractivity contribution < 1.29 is 29.0 Å². The van der Waals surface area contributed by atoms with Crippen molar-refractivity contribution in [2.24, 2.45) is 0 Å². The fourth-order valence-corrected chi connectivity index (χ4v) is 8.75. The number of piperidine rings is 1. The predicted molar refractivity (Wildman–Crippen MR) is 218 cm³/mol. The summed E-state index contributed by atoms with van der Waals surface area (Å²) in [6.07, 6.45) is -0.0108. The third kappa shape index (κ3) is 8.09. The number of carbonyl (C=O) groups excluding carboxylic acids is 3. The van der Waals surface area contributed by atoms with Crippen molar-refractivity contribution in [2.45, 2.75) is 56.1 Å². The summed E-state index contributed by atoms with van der Waals surface area (Å²) in [5, 5.41) is 16.5. The summed E-state index contributed by atoms with van der Waals surface area (Å²) in [4.78, 5) is 56.7. The van der Waals surface area contributed by atoms with Crippen molar-refractivity contribution in [1.29, 1.82) is 0 Å². The van der Waals surface area contributed by atoms with E-state index in [0.29, 0.717) is 36.6 Å². The predicted octanol–water partition coefficient (Wildman–Crippen LogP) is 8.24. The molecule has 0 saturated carbocycles. The number of anilines is 1. The quantitative estimate of drug-likeness (QED) is 0.138. The monoisotopic (exact) mass is 782 g/mol. The molecule has 8 rings (SSSR count). The van der Waals surface area contributed by atoms with Crippen LogP contribution in [0.3, 0.4) is 0 Å². The Kier molecular flexibility index (Phi) is 11.0. The van der Waals surface area contributed by atoms with Crippen LogP contribution in [-0.4, -0.2) is 70.7 Å². The smallest absolute Gasteiger partial charge is 0.411 e. The fourth-order valence-electron chi connectivity index (χ4n) is 8.63. The standard InChI is InChI=1S/C46H43ClN4O6/c47-33-19-17-29(18-20-33)25-41(48-43(52)42-26-31-9-1-2-10-32(31)27-51(42)46(55)56)44(53)50-23-21-30(22-24-50)34-11-7-8-16-40(34)49-45(54)57-28-39-37-14-5-3-12-35(37)36-13-4-6-15-38(36)39/h1-20,30,39,41-42H,21-28H2,(H,48,52)(H,49,54)(H,55,56)/t41-,42+/m1/s1. The molecule has 10 nitrogen and oxygen atoms in total. The van der Waals surface area contributed by atoms with Crippen molar-refractivity contribution in [3.63, 3.8) is 0 Å². The van der Waals surface area contributed by atoms with Crippen LogP contribution in [0, 0.1) is 0 Å². The summed E-state index contributed by atoms with van der Waals surface area (Å²) in [5.41, 5.74) is 8.83. The Morgan fingerprint density at radius 2 is 1.35 bits per heavy atom. The molecule has 57 heavy (non-hydrogen) atoms. The number of hydrogen-bond donors (Lipinski definition) is 3. The number of rotatable bonds is 9. The molecule has 0 spiro atoms. The van der Waals surface area contributed by atoms with Crippen molar-refractivity contribution in [1.82, 2.24) is 15.1 Å². The summed E-state index contributed by atoms with van der Waals surface area (Å²) >= 11 is 6.15. The van der Waals surface area contributed by atoms with Crippen LogP contribution in [0.15, 0.2) is 121 Å². The van der Waals surface area contributed by atoms with E-state index in [4.69, 9.17) is 16.3 Å². The van der Waals surface area contributed by atoms with Gasteiger partial charge in [0, 0.05) is 42.6 Å². The van der Waals surface area contributed by atoms with Gasteiger partial charge in [0.05, 0.1) is 6.54 Å². The minimum absolute atomic E-state index is 0.0518. The lowest BCUT2D eigenvalue weighted by Gasteiger charge is -2.37. The zero-order valence-corrected chi connectivity index (χ0v) is 32.0. The first kappa shape index (κ1) is 37.8. The van der Waals surface area contributed by atoms with Crippen LogP contribution < -0.4 is 10.6 Å². The number of nitrogens with one attached hydrogen (secondary N) is 2. The second kappa shape index (κ2) is 16.5. The number of carboxylic acid groups (broad SMARTS) is 1. The Labute approximate surface area is 336 Å². The van der Waals surface area contributed by atoms with Crippen LogP contribution in [0.25, 0.3) is 11.1 Å². The largest absolute Gasteiger partial charge is 0.465 e. The van der Waals surface area contributed by atoms with Gasteiger partial charge in [0.1, 0.15) is 18.7 Å². The first-order valence-electron chi connectivity index (χ1n) is 19.3. The van der Waals surface area contributed by atoms with E-state index < -0.39 is 30.2 Å². The molecule has 2 atom stereocenters. The lowest BCUT2D eigenvalue weighted by Crippen LogP contribution is -2.58. The molecule has 5 aromatic carbocycles. The molecular weight excluding hydrogens is 740 g/mol. The fraction of sp³-hybridized carbons (Fsp3) is 0.261. The van der Waals surface area contributed by atoms with Gasteiger partial charge < -0.3 is 20.1 Å². The molecule has 0 radical (unpaired) electrons. The average molecular weight is 783 g/mol. The van der Waals surface area contributed by atoms with Gasteiger partial charge in [0.2, 0.25) is 11.8 Å². The SMILES string of the molecule is O=C(Nc1ccccc1C1CCN(C(=O)[C@@H](Cc2ccc(Cl)cc2)NC(=O)[C@@H]2Cc3ccccc3CN2C(=O)O)CC1)OCC1c2ccccc2-c2ccccc21. The Hall–Kier alpha value is -6.13. The number of benzene rings is 5. The molecule has 0 bridgehead atoms. The number of likely N-dealkylation sites (tertiary alicyclic amines) is 1. The number of halogens is 1. The number of fused-ring (bicyclic) bond motifs is 4. The Morgan fingerprint density at radius 1 is 0.754 bits per heavy atom. The summed E-state index contributed by atoms with van der Waals surface area (Å²) in [7, 11) is 0. The highest BCUT2D eigenvalue weighted by Gasteiger charge is 2.38. The minimum Gasteiger partial charge on any atom is -0.465 e. The van der Waals surface area contributed by atoms with Crippen molar-refractivity contribution in [2.75, 3.05) is 25.0 Å². The molecule has 2 aliphatic heterocycles. The van der Waals surface area contributed by atoms with E-state index in [1.54, 1.807) is 17.0 Å². The van der Waals surface area contributed by atoms with Crippen molar-refractivity contribution in [3.05, 3.63) is 160 Å². The number of amides is 4. The van der Waals surface area contributed by atoms with E-state index in [2.05, 4.69) is 34.9 Å². The maximum absolute atomic E-state index is 14.3. The van der Waals surface area contributed by atoms with Gasteiger partial charge in [0.25, 0.3) is 0 Å². The maximum atomic E-state index is 14.3. The Balaban J connectivity index is 0.925. The lowest BCUT2D eigenvalue weighted by molar-refractivity contribution is -0.138. The molecule has 3 N–H and O–H groups in total. The first-order chi connectivity index (χ1) is 27.7. The molecule has 290 valence electrons. The molecular formula is C46H43ClN4O6. The molecule has 11 heteroatoms. The van der Waals surface area contributed by atoms with E-state index in [-0.39, 0.29) is 43.7 Å². The van der Waals surface area contributed by atoms with Crippen LogP contribution >= 0.6 is 11.6 Å². The van der Waals surface area contributed by atoms with Gasteiger partial charge >= 0.3 is 12.2 Å². The summed E-state index contributed by atoms with van der Waals surface area (Å²) in [6, 6.07) is 36.8. The maximum Gasteiger partial charge on any atom is 0.411 e. The number of nitrogens with zero attached hydrogens (tertiary/aromatic N) is 2. The van der Waals surface area contributed by atoms with Gasteiger partial charge in [-0.25, -0.2) is 9.59 Å². The van der Waals surface area contributed by atoms with Gasteiger partial charge in [-0.05, 0) is 81.5 Å². The van der Waals surface area contributed by atoms with Gasteiger partial charge in [-0.15, -0.1) is 0 Å². The molecule has 0 aromatic heterocycles. The number of ether oxygens (including phenoxy) is 1. The molecule has 1 saturated heterocycles. The molecule has 2 heterocycles. The van der Waals surface area contributed by atoms with Crippen molar-refractivity contribution in [3.8, 4) is 11.1 Å². The number of carbonyl (C=O) groups is 4. The minimum atomic E-state index is -1.19. The second-order valence-corrected chi connectivity index (χ2v) is 15.4. The van der Waals surface area contributed by atoms with E-state index in [1.165, 1.54) is 0 Å². The van der Waals surface area contributed by atoms with Crippen LogP contribution in [0.2, 0.25) is 5.02 Å². The topological polar surface area (TPSA) is 128 Å². The van der Waals surface area contributed by atoms with Gasteiger partial charge in [-0.2, -0.15) is 0 Å². The Morgan fingerprint density at radius 3 is 2.02 bits per heavy atom. The first-order valence-corrected chi connectivity index (χ1v) is 19.7. The summed E-state index contributed by atoms with van der Waals surface area (Å²) < 4.78 is 5.85. The Bertz CT molecular complexity index is 2260. The van der Waals surface area contributed by atoms with Crippen molar-refractivity contribution >= 4 is 41.3 Å². The third-order valence-corrected chi connectivity index (χ3v) is 11.8. The van der Waals surface area contributed by atoms with Gasteiger partial charge in [0.15, 0.2) is 0 Å². The molecule has 4 amide bonds. The van der Waals surface area contributed by atoms with Crippen LogP contribution in [0.4, 0.5) is 15.3 Å². The van der Waals surface area contributed by atoms with Crippen LogP contribution in [0.1, 0.15) is 58.1 Å². The molecule has 3 aliphatic rings. The highest BCUT2D eigenvalue weighted by molar-refractivity contribution is 6.30. The van der Waals surface area contributed by atoms with Crippen LogP contribution in [0.5, 0.6) is 0 Å². The van der Waals surface area contributed by atoms with Gasteiger partial charge in [-0.3, -0.25) is 19.8 Å². The van der Waals surface area contributed by atoms with E-state index in [1.807, 2.05) is 84.9 Å². The summed E-state index contributed by atoms with van der Waals surface area (Å²) in [6.45, 7) is 1.17. The number of para-hydroxylation sites is 1. The highest BCUT2D eigenvalue weighted by Crippen LogP contribution is 2.44. The normalized spacial score (nSPS) is 16.8. The lowest BCUT2D eigenvalue weighted by atomic mass is 9.88. The average Bonchev–Trinajstić information content (AvgIpc) is 3.56. The molecule has 0 unspecified atom stereocenters. The highest BCUT2D eigenvalue weighted by atomic mass is 35.5. The second-order valence-electron chi connectivity index (χ2n) is 14.9. The molecule has 5 aromatic rings. The van der Waals surface area contributed by atoms with E-state index in [9.17, 15) is 24.3 Å². The third-order valence-electron chi connectivity index (χ3n) is 11.6. The summed E-state index contributed by atoms with van der Waals surface area (Å²) in [5.74, 6) is -0.735. The van der Waals surface area contributed by atoms with Gasteiger partial charge in [-0.1, -0.05) is 115 Å². The molecule has 1 fully saturated rings.